The molecule has 0 heterocycles. The van der Waals surface area contributed by atoms with Gasteiger partial charge in [-0.2, -0.15) is 0 Å². The third-order valence-electron chi connectivity index (χ3n) is 2.16. The number of nitrogens with two attached hydrogens (primary N) is 1. The molecular weight excluding hydrogens is 262 g/mol. The Balaban J connectivity index is 3.09. The molecule has 0 spiro atoms. The van der Waals surface area contributed by atoms with Crippen LogP contribution in [-0.2, 0) is 0 Å². The molecule has 84 valence electrons. The van der Waals surface area contributed by atoms with Crippen molar-refractivity contribution < 1.29 is 14.9 Å². The first-order valence-electron chi connectivity index (χ1n) is 4.53. The van der Waals surface area contributed by atoms with Gasteiger partial charge in [0.1, 0.15) is 0 Å². The molecule has 1 rings (SSSR count). The topological polar surface area (TPSA) is 75.7 Å². The van der Waals surface area contributed by atoms with Gasteiger partial charge in [-0.25, -0.2) is 0 Å². The van der Waals surface area contributed by atoms with E-state index in [4.69, 9.17) is 15.6 Å². The molecule has 4 nitrogen and oxygen atoms in total. The van der Waals surface area contributed by atoms with Gasteiger partial charge in [0.2, 0.25) is 0 Å². The minimum Gasteiger partial charge on any atom is -0.504 e. The van der Waals surface area contributed by atoms with E-state index in [0.29, 0.717) is 22.2 Å². The number of benzene rings is 1. The monoisotopic (exact) mass is 275 g/mol. The van der Waals surface area contributed by atoms with Crippen LogP contribution >= 0.6 is 15.9 Å². The van der Waals surface area contributed by atoms with Crippen LogP contribution in [-0.4, -0.2) is 23.9 Å². The molecule has 0 saturated carbocycles. The number of aromatic hydroxyl groups is 1. The van der Waals surface area contributed by atoms with E-state index >= 15 is 0 Å². The lowest BCUT2D eigenvalue weighted by atomic mass is 10.0. The van der Waals surface area contributed by atoms with E-state index in [-0.39, 0.29) is 12.4 Å². The highest BCUT2D eigenvalue weighted by Crippen LogP contribution is 2.39. The summed E-state index contributed by atoms with van der Waals surface area (Å²) in [7, 11) is 1.47. The number of phenolic OH excluding ortho intramolecular Hbond substituents is 1. The van der Waals surface area contributed by atoms with E-state index in [1.54, 1.807) is 12.1 Å². The minimum atomic E-state index is -0.392. The molecule has 1 atom stereocenters. The van der Waals surface area contributed by atoms with Crippen LogP contribution < -0.4 is 10.5 Å². The molecule has 0 aliphatic rings. The Hall–Kier alpha value is -0.780. The van der Waals surface area contributed by atoms with E-state index in [2.05, 4.69) is 15.9 Å². The standard InChI is InChI=1S/C10H14BrNO3/c1-15-10-7(11)3-2-6(9(10)14)8(12)4-5-13/h2-3,8,13-14H,4-5,12H2,1H3. The SMILES string of the molecule is COc1c(Br)ccc(C(N)CCO)c1O. The van der Waals surface area contributed by atoms with Crippen molar-refractivity contribution in [3.05, 3.63) is 22.2 Å². The molecule has 0 aromatic heterocycles. The number of rotatable bonds is 4. The van der Waals surface area contributed by atoms with Crippen molar-refractivity contribution in [2.75, 3.05) is 13.7 Å². The quantitative estimate of drug-likeness (QED) is 0.779. The van der Waals surface area contributed by atoms with Crippen LogP contribution in [0.3, 0.4) is 0 Å². The molecule has 0 bridgehead atoms. The van der Waals surface area contributed by atoms with Crippen LogP contribution in [0.2, 0.25) is 0 Å². The van der Waals surface area contributed by atoms with Crippen molar-refractivity contribution in [1.82, 2.24) is 0 Å². The predicted molar refractivity (Wildman–Crippen MR) is 61.0 cm³/mol. The van der Waals surface area contributed by atoms with Gasteiger partial charge >= 0.3 is 0 Å². The normalized spacial score (nSPS) is 12.5. The summed E-state index contributed by atoms with van der Waals surface area (Å²) in [5.41, 5.74) is 6.36. The zero-order valence-corrected chi connectivity index (χ0v) is 9.99. The molecule has 0 aliphatic heterocycles. The van der Waals surface area contributed by atoms with Crippen molar-refractivity contribution in [3.63, 3.8) is 0 Å². The first-order chi connectivity index (χ1) is 7.11. The molecule has 15 heavy (non-hydrogen) atoms. The van der Waals surface area contributed by atoms with Gasteiger partial charge in [-0.05, 0) is 28.4 Å². The van der Waals surface area contributed by atoms with E-state index in [1.807, 2.05) is 0 Å². The Morgan fingerprint density at radius 1 is 1.53 bits per heavy atom. The van der Waals surface area contributed by atoms with Gasteiger partial charge in [0.25, 0.3) is 0 Å². The Labute approximate surface area is 96.8 Å². The fraction of sp³-hybridized carbons (Fsp3) is 0.400. The van der Waals surface area contributed by atoms with Crippen molar-refractivity contribution in [2.24, 2.45) is 5.73 Å². The summed E-state index contributed by atoms with van der Waals surface area (Å²) >= 11 is 3.25. The maximum absolute atomic E-state index is 9.85. The molecule has 0 fully saturated rings. The van der Waals surface area contributed by atoms with E-state index in [9.17, 15) is 5.11 Å². The first kappa shape index (κ1) is 12.3. The van der Waals surface area contributed by atoms with Crippen molar-refractivity contribution >= 4 is 15.9 Å². The van der Waals surface area contributed by atoms with Gasteiger partial charge in [-0.1, -0.05) is 6.07 Å². The smallest absolute Gasteiger partial charge is 0.175 e. The second kappa shape index (κ2) is 5.34. The Morgan fingerprint density at radius 3 is 2.73 bits per heavy atom. The zero-order valence-electron chi connectivity index (χ0n) is 8.40. The number of hydrogen-bond donors (Lipinski definition) is 3. The Kier molecular flexibility index (Phi) is 4.38. The Bertz CT molecular complexity index is 344. The van der Waals surface area contributed by atoms with Crippen LogP contribution in [0.1, 0.15) is 18.0 Å². The van der Waals surface area contributed by atoms with Gasteiger partial charge < -0.3 is 20.7 Å². The summed E-state index contributed by atoms with van der Waals surface area (Å²) < 4.78 is 5.70. The van der Waals surface area contributed by atoms with E-state index in [1.165, 1.54) is 7.11 Å². The summed E-state index contributed by atoms with van der Waals surface area (Å²) in [6.07, 6.45) is 0.401. The summed E-state index contributed by atoms with van der Waals surface area (Å²) in [4.78, 5) is 0. The van der Waals surface area contributed by atoms with Gasteiger partial charge in [-0.15, -0.1) is 0 Å². The lowest BCUT2D eigenvalue weighted by Gasteiger charge is -2.15. The fourth-order valence-electron chi connectivity index (χ4n) is 1.35. The highest BCUT2D eigenvalue weighted by Gasteiger charge is 2.16. The number of phenols is 1. The molecule has 5 heteroatoms. The lowest BCUT2D eigenvalue weighted by molar-refractivity contribution is 0.275. The van der Waals surface area contributed by atoms with Crippen molar-refractivity contribution in [2.45, 2.75) is 12.5 Å². The number of methoxy groups -OCH3 is 1. The molecule has 1 unspecified atom stereocenters. The average molecular weight is 276 g/mol. The highest BCUT2D eigenvalue weighted by atomic mass is 79.9. The average Bonchev–Trinajstić information content (AvgIpc) is 2.18. The van der Waals surface area contributed by atoms with E-state index in [0.717, 1.165) is 0 Å². The number of ether oxygens (including phenoxy) is 1. The maximum atomic E-state index is 9.85. The summed E-state index contributed by atoms with van der Waals surface area (Å²) in [5.74, 6) is 0.383. The lowest BCUT2D eigenvalue weighted by Crippen LogP contribution is -2.12. The fourth-order valence-corrected chi connectivity index (χ4v) is 1.83. The van der Waals surface area contributed by atoms with Crippen LogP contribution in [0.15, 0.2) is 16.6 Å². The number of halogens is 1. The molecular formula is C10H14BrNO3. The molecule has 1 aromatic rings. The Morgan fingerprint density at radius 2 is 2.20 bits per heavy atom. The van der Waals surface area contributed by atoms with Gasteiger partial charge in [0.05, 0.1) is 11.6 Å². The third kappa shape index (κ3) is 2.62. The molecule has 0 aliphatic carbocycles. The molecule has 0 amide bonds. The summed E-state index contributed by atoms with van der Waals surface area (Å²) in [6, 6.07) is 3.07. The number of hydrogen-bond acceptors (Lipinski definition) is 4. The minimum absolute atomic E-state index is 0.0149. The van der Waals surface area contributed by atoms with E-state index < -0.39 is 6.04 Å². The molecule has 1 aromatic carbocycles. The largest absolute Gasteiger partial charge is 0.504 e. The third-order valence-corrected chi connectivity index (χ3v) is 2.78. The first-order valence-corrected chi connectivity index (χ1v) is 5.33. The van der Waals surface area contributed by atoms with Crippen LogP contribution in [0, 0.1) is 0 Å². The predicted octanol–water partition coefficient (Wildman–Crippen LogP) is 1.55. The second-order valence-electron chi connectivity index (χ2n) is 3.14. The zero-order chi connectivity index (χ0) is 11.4. The van der Waals surface area contributed by atoms with Crippen LogP contribution in [0.4, 0.5) is 0 Å². The van der Waals surface area contributed by atoms with Crippen LogP contribution in [0.5, 0.6) is 11.5 Å². The number of aliphatic hydroxyl groups excluding tert-OH is 1. The molecule has 0 radical (unpaired) electrons. The maximum Gasteiger partial charge on any atom is 0.175 e. The van der Waals surface area contributed by atoms with Crippen molar-refractivity contribution in [3.8, 4) is 11.5 Å². The van der Waals surface area contributed by atoms with Gasteiger partial charge in [0, 0.05) is 18.2 Å². The number of aliphatic hydroxyl groups is 1. The second-order valence-corrected chi connectivity index (χ2v) is 3.99. The molecule has 0 saturated heterocycles. The molecule has 4 N–H and O–H groups in total. The van der Waals surface area contributed by atoms with Crippen molar-refractivity contribution in [1.29, 1.82) is 0 Å². The summed E-state index contributed by atoms with van der Waals surface area (Å²) in [6.45, 7) is -0.0149. The van der Waals surface area contributed by atoms with Crippen LogP contribution in [0.25, 0.3) is 0 Å². The summed E-state index contributed by atoms with van der Waals surface area (Å²) in [5, 5.41) is 18.6. The van der Waals surface area contributed by atoms with Gasteiger partial charge in [0.15, 0.2) is 11.5 Å². The van der Waals surface area contributed by atoms with Gasteiger partial charge in [-0.3, -0.25) is 0 Å². The highest BCUT2D eigenvalue weighted by molar-refractivity contribution is 9.10.